The summed E-state index contributed by atoms with van der Waals surface area (Å²) in [4.78, 5) is 10.9. The minimum Gasteiger partial charge on any atom is -0.478 e. The second-order valence-electron chi connectivity index (χ2n) is 4.96. The largest absolute Gasteiger partial charge is 0.478 e. The Morgan fingerprint density at radius 3 is 2.48 bits per heavy atom. The first kappa shape index (κ1) is 17.3. The molecule has 23 heavy (non-hydrogen) atoms. The third-order valence-corrected chi connectivity index (χ3v) is 5.71. The Morgan fingerprint density at radius 2 is 1.91 bits per heavy atom. The summed E-state index contributed by atoms with van der Waals surface area (Å²) < 4.78 is 27.0. The van der Waals surface area contributed by atoms with Gasteiger partial charge in [0.25, 0.3) is 10.0 Å². The second-order valence-corrected chi connectivity index (χ2v) is 7.20. The Hall–Kier alpha value is -2.05. The van der Waals surface area contributed by atoms with Crippen LogP contribution in [0.25, 0.3) is 0 Å². The molecule has 0 aliphatic carbocycles. The van der Waals surface area contributed by atoms with E-state index in [-0.39, 0.29) is 22.0 Å². The van der Waals surface area contributed by atoms with Crippen LogP contribution >= 0.6 is 11.6 Å². The zero-order chi connectivity index (χ0) is 17.2. The lowest BCUT2D eigenvalue weighted by Crippen LogP contribution is -2.31. The van der Waals surface area contributed by atoms with Crippen molar-refractivity contribution in [2.45, 2.75) is 18.7 Å². The number of halogens is 1. The predicted octanol–water partition coefficient (Wildman–Crippen LogP) is 3.56. The number of hydrogen-bond donors (Lipinski definition) is 1. The molecular formula is C16H16ClNO4S. The highest BCUT2D eigenvalue weighted by Gasteiger charge is 2.27. The summed E-state index contributed by atoms with van der Waals surface area (Å²) in [5.41, 5.74) is 1.29. The number of rotatable bonds is 5. The van der Waals surface area contributed by atoms with Crippen LogP contribution in [0.1, 0.15) is 22.8 Å². The molecule has 5 nitrogen and oxygen atoms in total. The minimum atomic E-state index is -3.97. The number of sulfonamides is 1. The number of carboxylic acids is 1. The molecular weight excluding hydrogens is 338 g/mol. The third kappa shape index (κ3) is 3.48. The molecule has 1 N–H and O–H groups in total. The zero-order valence-corrected chi connectivity index (χ0v) is 14.2. The van der Waals surface area contributed by atoms with Crippen molar-refractivity contribution in [3.8, 4) is 0 Å². The van der Waals surface area contributed by atoms with E-state index in [2.05, 4.69) is 0 Å². The van der Waals surface area contributed by atoms with Crippen molar-refractivity contribution in [2.24, 2.45) is 0 Å². The lowest BCUT2D eigenvalue weighted by atomic mass is 10.2. The normalized spacial score (nSPS) is 11.3. The number of aromatic carboxylic acids is 1. The van der Waals surface area contributed by atoms with Gasteiger partial charge in [-0.2, -0.15) is 0 Å². The van der Waals surface area contributed by atoms with Crippen LogP contribution in [-0.2, 0) is 10.0 Å². The highest BCUT2D eigenvalue weighted by molar-refractivity contribution is 7.93. The highest BCUT2D eigenvalue weighted by atomic mass is 35.5. The summed E-state index contributed by atoms with van der Waals surface area (Å²) in [7, 11) is -3.97. The summed E-state index contributed by atoms with van der Waals surface area (Å²) in [6.45, 7) is 3.76. The van der Waals surface area contributed by atoms with Crippen molar-refractivity contribution in [3.05, 3.63) is 58.6 Å². The molecule has 0 atom stereocenters. The Morgan fingerprint density at radius 1 is 1.22 bits per heavy atom. The fourth-order valence-electron chi connectivity index (χ4n) is 2.23. The Balaban J connectivity index is 2.60. The van der Waals surface area contributed by atoms with Gasteiger partial charge in [0.15, 0.2) is 0 Å². The number of anilines is 1. The molecule has 0 spiro atoms. The maximum Gasteiger partial charge on any atom is 0.335 e. The van der Waals surface area contributed by atoms with Crippen LogP contribution in [0.5, 0.6) is 0 Å². The molecule has 0 aliphatic heterocycles. The molecule has 7 heteroatoms. The van der Waals surface area contributed by atoms with Crippen LogP contribution in [0, 0.1) is 6.92 Å². The molecule has 122 valence electrons. The maximum atomic E-state index is 12.9. The summed E-state index contributed by atoms with van der Waals surface area (Å²) in [5.74, 6) is -1.21. The molecule has 0 unspecified atom stereocenters. The van der Waals surface area contributed by atoms with E-state index < -0.39 is 16.0 Å². The van der Waals surface area contributed by atoms with Crippen LogP contribution in [0.15, 0.2) is 47.4 Å². The van der Waals surface area contributed by atoms with Gasteiger partial charge >= 0.3 is 5.97 Å². The molecule has 0 aromatic heterocycles. The Bertz CT molecular complexity index is 849. The van der Waals surface area contributed by atoms with Crippen molar-refractivity contribution in [1.29, 1.82) is 0 Å². The third-order valence-electron chi connectivity index (χ3n) is 3.32. The molecule has 2 aromatic rings. The van der Waals surface area contributed by atoms with Gasteiger partial charge in [-0.15, -0.1) is 0 Å². The van der Waals surface area contributed by atoms with E-state index in [1.54, 1.807) is 25.1 Å². The smallest absolute Gasteiger partial charge is 0.335 e. The van der Waals surface area contributed by atoms with Crippen molar-refractivity contribution >= 4 is 33.3 Å². The van der Waals surface area contributed by atoms with Crippen LogP contribution in [0.2, 0.25) is 5.02 Å². The minimum absolute atomic E-state index is 0.0129. The van der Waals surface area contributed by atoms with E-state index in [0.29, 0.717) is 5.69 Å². The number of aryl methyl sites for hydroxylation is 1. The number of carboxylic acid groups (broad SMARTS) is 1. The van der Waals surface area contributed by atoms with Crippen molar-refractivity contribution in [1.82, 2.24) is 0 Å². The van der Waals surface area contributed by atoms with Gasteiger partial charge in [0.2, 0.25) is 0 Å². The van der Waals surface area contributed by atoms with Gasteiger partial charge in [0.1, 0.15) is 4.90 Å². The second kappa shape index (κ2) is 6.60. The Kier molecular flexibility index (Phi) is 4.97. The molecule has 2 rings (SSSR count). The van der Waals surface area contributed by atoms with Gasteiger partial charge in [-0.3, -0.25) is 4.31 Å². The van der Waals surface area contributed by atoms with Crippen molar-refractivity contribution in [3.63, 3.8) is 0 Å². The van der Waals surface area contributed by atoms with E-state index in [1.165, 1.54) is 16.4 Å². The lowest BCUT2D eigenvalue weighted by Gasteiger charge is -2.24. The topological polar surface area (TPSA) is 74.7 Å². The molecule has 0 aliphatic rings. The molecule has 0 radical (unpaired) electrons. The zero-order valence-electron chi connectivity index (χ0n) is 12.7. The SMILES string of the molecule is CCN(c1cccc(C)c1)S(=O)(=O)c1cc(C(=O)O)ccc1Cl. The van der Waals surface area contributed by atoms with E-state index in [1.807, 2.05) is 13.0 Å². The summed E-state index contributed by atoms with van der Waals surface area (Å²) in [5, 5.41) is 9.05. The van der Waals surface area contributed by atoms with E-state index in [9.17, 15) is 13.2 Å². The fraction of sp³-hybridized carbons (Fsp3) is 0.188. The monoisotopic (exact) mass is 353 g/mol. The Labute approximate surface area is 140 Å². The number of benzene rings is 2. The summed E-state index contributed by atoms with van der Waals surface area (Å²) in [6, 6.07) is 10.7. The first-order chi connectivity index (χ1) is 10.8. The molecule has 0 amide bonds. The van der Waals surface area contributed by atoms with Gasteiger partial charge in [0, 0.05) is 6.54 Å². The predicted molar refractivity (Wildman–Crippen MR) is 89.8 cm³/mol. The summed E-state index contributed by atoms with van der Waals surface area (Å²) >= 11 is 6.01. The van der Waals surface area contributed by atoms with Gasteiger partial charge in [-0.1, -0.05) is 23.7 Å². The van der Waals surface area contributed by atoms with Crippen LogP contribution in [0.3, 0.4) is 0 Å². The molecule has 0 fully saturated rings. The van der Waals surface area contributed by atoms with E-state index in [0.717, 1.165) is 11.6 Å². The summed E-state index contributed by atoms with van der Waals surface area (Å²) in [6.07, 6.45) is 0. The highest BCUT2D eigenvalue weighted by Crippen LogP contribution is 2.29. The van der Waals surface area contributed by atoms with Gasteiger partial charge < -0.3 is 5.11 Å². The number of carbonyl (C=O) groups is 1. The number of nitrogens with zero attached hydrogens (tertiary/aromatic N) is 1. The van der Waals surface area contributed by atoms with E-state index >= 15 is 0 Å². The van der Waals surface area contributed by atoms with Gasteiger partial charge in [0.05, 0.1) is 16.3 Å². The maximum absolute atomic E-state index is 12.9. The van der Waals surface area contributed by atoms with Crippen molar-refractivity contribution < 1.29 is 18.3 Å². The molecule has 0 saturated carbocycles. The van der Waals surface area contributed by atoms with E-state index in [4.69, 9.17) is 16.7 Å². The van der Waals surface area contributed by atoms with Gasteiger partial charge in [-0.25, -0.2) is 13.2 Å². The van der Waals surface area contributed by atoms with Crippen LogP contribution < -0.4 is 4.31 Å². The molecule has 2 aromatic carbocycles. The first-order valence-corrected chi connectivity index (χ1v) is 8.71. The fourth-order valence-corrected chi connectivity index (χ4v) is 4.20. The quantitative estimate of drug-likeness (QED) is 0.891. The molecule has 0 bridgehead atoms. The average Bonchev–Trinajstić information content (AvgIpc) is 2.47. The van der Waals surface area contributed by atoms with Crippen LogP contribution in [0.4, 0.5) is 5.69 Å². The van der Waals surface area contributed by atoms with Crippen molar-refractivity contribution in [2.75, 3.05) is 10.8 Å². The first-order valence-electron chi connectivity index (χ1n) is 6.89. The van der Waals surface area contributed by atoms with Crippen LogP contribution in [-0.4, -0.2) is 26.0 Å². The molecule has 0 heterocycles. The lowest BCUT2D eigenvalue weighted by molar-refractivity contribution is 0.0696. The standard InChI is InChI=1S/C16H16ClNO4S/c1-3-18(13-6-4-5-11(2)9-13)23(21,22)15-10-12(16(19)20)7-8-14(15)17/h4-10H,3H2,1-2H3,(H,19,20). The average molecular weight is 354 g/mol. The number of hydrogen-bond acceptors (Lipinski definition) is 3. The van der Waals surface area contributed by atoms with Gasteiger partial charge in [-0.05, 0) is 49.7 Å². The molecule has 0 saturated heterocycles.